The number of nitrogens with zero attached hydrogens (tertiary/aromatic N) is 4. The van der Waals surface area contributed by atoms with Crippen LogP contribution in [-0.2, 0) is 11.3 Å². The summed E-state index contributed by atoms with van der Waals surface area (Å²) in [4.78, 5) is 27.8. The number of aromatic nitrogens is 4. The molecule has 0 aliphatic carbocycles. The van der Waals surface area contributed by atoms with Crippen molar-refractivity contribution in [1.82, 2.24) is 19.9 Å². The van der Waals surface area contributed by atoms with Crippen molar-refractivity contribution in [3.8, 4) is 0 Å². The molecule has 9 nitrogen and oxygen atoms in total. The van der Waals surface area contributed by atoms with Gasteiger partial charge >= 0.3 is 0 Å². The number of anilines is 4. The molecule has 0 atom stereocenters. The average molecular weight is 368 g/mol. The highest BCUT2D eigenvalue weighted by atomic mass is 19.1. The Balaban J connectivity index is 1.77. The number of nitrogens with two attached hydrogens (primary N) is 1. The molecule has 3 aromatic rings. The van der Waals surface area contributed by atoms with E-state index in [2.05, 4.69) is 35.9 Å². The molecule has 0 spiro atoms. The molecule has 1 amide bonds. The molecule has 0 fully saturated rings. The zero-order valence-electron chi connectivity index (χ0n) is 14.2. The molecule has 27 heavy (non-hydrogen) atoms. The Morgan fingerprint density at radius 2 is 1.81 bits per heavy atom. The van der Waals surface area contributed by atoms with Gasteiger partial charge in [0.15, 0.2) is 0 Å². The predicted octanol–water partition coefficient (Wildman–Crippen LogP) is 1.66. The third kappa shape index (κ3) is 5.59. The van der Waals surface area contributed by atoms with Crippen LogP contribution in [0, 0.1) is 5.82 Å². The summed E-state index contributed by atoms with van der Waals surface area (Å²) in [5, 5.41) is 8.89. The van der Waals surface area contributed by atoms with Crippen molar-refractivity contribution < 1.29 is 9.18 Å². The molecule has 1 aromatic carbocycles. The van der Waals surface area contributed by atoms with E-state index in [1.807, 2.05) is 0 Å². The molecule has 2 aromatic heterocycles. The highest BCUT2D eigenvalue weighted by Crippen LogP contribution is 2.18. The molecule has 138 valence electrons. The number of amides is 1. The smallest absolute Gasteiger partial charge is 0.236 e. The molecule has 0 saturated heterocycles. The van der Waals surface area contributed by atoms with Gasteiger partial charge in [-0.3, -0.25) is 9.78 Å². The van der Waals surface area contributed by atoms with Crippen molar-refractivity contribution in [3.63, 3.8) is 0 Å². The summed E-state index contributed by atoms with van der Waals surface area (Å²) in [7, 11) is 0. The van der Waals surface area contributed by atoms with Gasteiger partial charge in [-0.15, -0.1) is 0 Å². The van der Waals surface area contributed by atoms with Crippen LogP contribution in [0.1, 0.15) is 5.56 Å². The average Bonchev–Trinajstić information content (AvgIpc) is 2.67. The number of primary amides is 1. The fourth-order valence-electron chi connectivity index (χ4n) is 2.14. The molecule has 0 unspecified atom stereocenters. The Kier molecular flexibility index (Phi) is 5.67. The zero-order valence-corrected chi connectivity index (χ0v) is 14.2. The first-order valence-corrected chi connectivity index (χ1v) is 8.01. The van der Waals surface area contributed by atoms with E-state index in [0.717, 1.165) is 5.56 Å². The van der Waals surface area contributed by atoms with Crippen LogP contribution in [0.25, 0.3) is 0 Å². The number of halogens is 1. The van der Waals surface area contributed by atoms with E-state index in [-0.39, 0.29) is 12.4 Å². The maximum absolute atomic E-state index is 13.0. The van der Waals surface area contributed by atoms with Crippen LogP contribution >= 0.6 is 0 Å². The topological polar surface area (TPSA) is 131 Å². The van der Waals surface area contributed by atoms with Crippen LogP contribution in [0.2, 0.25) is 0 Å². The van der Waals surface area contributed by atoms with E-state index in [1.54, 1.807) is 36.8 Å². The zero-order chi connectivity index (χ0) is 19.1. The lowest BCUT2D eigenvalue weighted by molar-refractivity contribution is -0.116. The normalized spacial score (nSPS) is 10.3. The van der Waals surface area contributed by atoms with Crippen molar-refractivity contribution in [1.29, 1.82) is 0 Å². The van der Waals surface area contributed by atoms with E-state index in [1.165, 1.54) is 12.1 Å². The second kappa shape index (κ2) is 8.52. The van der Waals surface area contributed by atoms with Gasteiger partial charge in [-0.2, -0.15) is 9.97 Å². The predicted molar refractivity (Wildman–Crippen MR) is 98.8 cm³/mol. The van der Waals surface area contributed by atoms with Crippen LogP contribution in [0.3, 0.4) is 0 Å². The summed E-state index contributed by atoms with van der Waals surface area (Å²) in [5.74, 6) is 0.832. The number of nitrogens with one attached hydrogen (secondary N) is 3. The molecule has 3 rings (SSSR count). The Hall–Kier alpha value is -3.82. The minimum Gasteiger partial charge on any atom is -0.368 e. The van der Waals surface area contributed by atoms with E-state index in [0.29, 0.717) is 29.9 Å². The van der Waals surface area contributed by atoms with Gasteiger partial charge in [0.05, 0.1) is 12.7 Å². The van der Waals surface area contributed by atoms with Gasteiger partial charge in [0.2, 0.25) is 11.9 Å². The SMILES string of the molecule is NC(=O)CNc1cc(Nc2cnccn2)nc(NCc2ccc(F)cc2)n1. The molecular weight excluding hydrogens is 351 g/mol. The van der Waals surface area contributed by atoms with Gasteiger partial charge in [0.25, 0.3) is 0 Å². The third-order valence-electron chi connectivity index (χ3n) is 3.35. The lowest BCUT2D eigenvalue weighted by atomic mass is 10.2. The Morgan fingerprint density at radius 3 is 2.52 bits per heavy atom. The lowest BCUT2D eigenvalue weighted by Gasteiger charge is -2.11. The van der Waals surface area contributed by atoms with Crippen molar-refractivity contribution in [2.75, 3.05) is 22.5 Å². The summed E-state index contributed by atoms with van der Waals surface area (Å²) in [6.45, 7) is 0.323. The van der Waals surface area contributed by atoms with Gasteiger partial charge in [0.1, 0.15) is 23.3 Å². The Labute approximate surface area is 154 Å². The molecule has 0 bridgehead atoms. The first kappa shape index (κ1) is 18.0. The molecule has 0 aliphatic rings. The summed E-state index contributed by atoms with van der Waals surface area (Å²) >= 11 is 0. The number of carbonyl (C=O) groups is 1. The highest BCUT2D eigenvalue weighted by molar-refractivity contribution is 5.78. The standard InChI is InChI=1S/C17H17FN8O/c18-12-3-1-11(2-4-12)8-23-17-25-14(22-9-13(19)27)7-15(26-17)24-16-10-20-5-6-21-16/h1-7,10H,8-9H2,(H2,19,27)(H3,21,22,23,24,25,26). The van der Waals surface area contributed by atoms with Gasteiger partial charge in [-0.1, -0.05) is 12.1 Å². The largest absolute Gasteiger partial charge is 0.368 e. The lowest BCUT2D eigenvalue weighted by Crippen LogP contribution is -2.22. The number of hydrogen-bond acceptors (Lipinski definition) is 8. The minimum absolute atomic E-state index is 0.0704. The summed E-state index contributed by atoms with van der Waals surface area (Å²) in [5.41, 5.74) is 6.02. The van der Waals surface area contributed by atoms with Crippen LogP contribution in [0.5, 0.6) is 0 Å². The molecular formula is C17H17FN8O. The van der Waals surface area contributed by atoms with E-state index in [4.69, 9.17) is 5.73 Å². The number of hydrogen-bond donors (Lipinski definition) is 4. The molecule has 5 N–H and O–H groups in total. The molecule has 0 radical (unpaired) electrons. The summed E-state index contributed by atoms with van der Waals surface area (Å²) in [6, 6.07) is 7.70. The van der Waals surface area contributed by atoms with E-state index >= 15 is 0 Å². The Bertz CT molecular complexity index is 905. The maximum atomic E-state index is 13.0. The molecule has 2 heterocycles. The molecule has 0 saturated carbocycles. The van der Waals surface area contributed by atoms with Crippen LogP contribution in [-0.4, -0.2) is 32.4 Å². The van der Waals surface area contributed by atoms with Crippen LogP contribution in [0.4, 0.5) is 27.8 Å². The van der Waals surface area contributed by atoms with Gasteiger partial charge in [-0.25, -0.2) is 9.37 Å². The number of benzene rings is 1. The van der Waals surface area contributed by atoms with Crippen molar-refractivity contribution in [2.45, 2.75) is 6.54 Å². The quantitative estimate of drug-likeness (QED) is 0.472. The van der Waals surface area contributed by atoms with Gasteiger partial charge in [-0.05, 0) is 17.7 Å². The number of rotatable bonds is 8. The second-order valence-corrected chi connectivity index (χ2v) is 5.48. The maximum Gasteiger partial charge on any atom is 0.236 e. The Morgan fingerprint density at radius 1 is 1.04 bits per heavy atom. The first-order valence-electron chi connectivity index (χ1n) is 8.01. The third-order valence-corrected chi connectivity index (χ3v) is 3.35. The molecule has 0 aliphatic heterocycles. The fraction of sp³-hybridized carbons (Fsp3) is 0.118. The number of carbonyl (C=O) groups excluding carboxylic acids is 1. The van der Waals surface area contributed by atoms with Crippen LogP contribution < -0.4 is 21.7 Å². The van der Waals surface area contributed by atoms with Gasteiger partial charge in [0, 0.05) is 25.0 Å². The molecule has 10 heteroatoms. The minimum atomic E-state index is -0.516. The van der Waals surface area contributed by atoms with Crippen molar-refractivity contribution in [3.05, 3.63) is 60.3 Å². The van der Waals surface area contributed by atoms with Crippen LogP contribution in [0.15, 0.2) is 48.9 Å². The van der Waals surface area contributed by atoms with Gasteiger partial charge < -0.3 is 21.7 Å². The summed E-state index contributed by atoms with van der Waals surface area (Å²) in [6.07, 6.45) is 4.65. The monoisotopic (exact) mass is 368 g/mol. The highest BCUT2D eigenvalue weighted by Gasteiger charge is 2.07. The summed E-state index contributed by atoms with van der Waals surface area (Å²) < 4.78 is 13.0. The van der Waals surface area contributed by atoms with E-state index in [9.17, 15) is 9.18 Å². The fourth-order valence-corrected chi connectivity index (χ4v) is 2.14. The second-order valence-electron chi connectivity index (χ2n) is 5.48. The van der Waals surface area contributed by atoms with Crippen molar-refractivity contribution in [2.24, 2.45) is 5.73 Å². The van der Waals surface area contributed by atoms with E-state index < -0.39 is 5.91 Å². The van der Waals surface area contributed by atoms with Crippen molar-refractivity contribution >= 4 is 29.3 Å². The first-order chi connectivity index (χ1) is 13.1.